The van der Waals surface area contributed by atoms with Crippen molar-refractivity contribution >= 4 is 34.8 Å². The second kappa shape index (κ2) is 10.8. The van der Waals surface area contributed by atoms with Gasteiger partial charge in [0.15, 0.2) is 0 Å². The second-order valence-corrected chi connectivity index (χ2v) is 8.87. The fraction of sp³-hybridized carbons (Fsp3) is 0.417. The first-order chi connectivity index (χ1) is 16.0. The number of aryl methyl sites for hydroxylation is 1. The number of piperazine rings is 1. The number of alkyl halides is 3. The third-order valence-electron chi connectivity index (χ3n) is 6.12. The molecule has 3 rings (SSSR count). The molecule has 10 heteroatoms. The highest BCUT2D eigenvalue weighted by Gasteiger charge is 2.34. The number of benzene rings is 2. The maximum atomic E-state index is 13.1. The number of halogens is 4. The molecular formula is C24H28ClF3N4O2. The molecule has 0 aliphatic carbocycles. The number of carbonyl (C=O) groups excluding carboxylic acids is 2. The van der Waals surface area contributed by atoms with Gasteiger partial charge in [-0.25, -0.2) is 0 Å². The summed E-state index contributed by atoms with van der Waals surface area (Å²) in [7, 11) is 0. The van der Waals surface area contributed by atoms with E-state index in [1.165, 1.54) is 6.07 Å². The molecule has 1 saturated heterocycles. The van der Waals surface area contributed by atoms with E-state index >= 15 is 0 Å². The van der Waals surface area contributed by atoms with Gasteiger partial charge in [-0.2, -0.15) is 13.2 Å². The van der Waals surface area contributed by atoms with Gasteiger partial charge in [-0.3, -0.25) is 19.4 Å². The normalized spacial score (nSPS) is 16.2. The third-order valence-corrected chi connectivity index (χ3v) is 6.45. The molecule has 0 aromatic heterocycles. The van der Waals surface area contributed by atoms with Gasteiger partial charge < -0.3 is 10.6 Å². The van der Waals surface area contributed by atoms with Crippen LogP contribution in [-0.2, 0) is 15.8 Å². The molecule has 1 heterocycles. The van der Waals surface area contributed by atoms with E-state index in [2.05, 4.69) is 10.6 Å². The molecule has 1 fully saturated rings. The van der Waals surface area contributed by atoms with Gasteiger partial charge in [0.25, 0.3) is 0 Å². The predicted molar refractivity (Wildman–Crippen MR) is 127 cm³/mol. The van der Waals surface area contributed by atoms with Crippen LogP contribution in [0.4, 0.5) is 24.5 Å². The molecule has 34 heavy (non-hydrogen) atoms. The topological polar surface area (TPSA) is 64.7 Å². The summed E-state index contributed by atoms with van der Waals surface area (Å²) < 4.78 is 39.2. The van der Waals surface area contributed by atoms with Crippen LogP contribution in [-0.4, -0.2) is 60.4 Å². The Balaban J connectivity index is 1.50. The lowest BCUT2D eigenvalue weighted by atomic mass is 10.1. The van der Waals surface area contributed by atoms with E-state index in [1.807, 2.05) is 41.8 Å². The number of nitrogens with zero attached hydrogens (tertiary/aromatic N) is 2. The molecule has 6 nitrogen and oxygen atoms in total. The highest BCUT2D eigenvalue weighted by atomic mass is 35.5. The highest BCUT2D eigenvalue weighted by Crippen LogP contribution is 2.36. The molecule has 0 radical (unpaired) electrons. The van der Waals surface area contributed by atoms with Gasteiger partial charge in [0.1, 0.15) is 0 Å². The van der Waals surface area contributed by atoms with Crippen molar-refractivity contribution in [1.82, 2.24) is 9.80 Å². The molecule has 1 unspecified atom stereocenters. The minimum Gasteiger partial charge on any atom is -0.325 e. The summed E-state index contributed by atoms with van der Waals surface area (Å²) in [4.78, 5) is 29.1. The van der Waals surface area contributed by atoms with Crippen LogP contribution in [0, 0.1) is 13.8 Å². The van der Waals surface area contributed by atoms with Crippen molar-refractivity contribution in [3.63, 3.8) is 0 Å². The standard InChI is InChI=1S/C24H28ClF3N4O2/c1-15-5-4-6-21(16(15)2)30-22(33)14-31-9-11-32(12-10-31)17(3)23(34)29-18-7-8-20(25)19(13-18)24(26,27)28/h4-8,13,17H,9-12,14H2,1-3H3,(H,29,34)(H,30,33). The lowest BCUT2D eigenvalue weighted by Crippen LogP contribution is -2.53. The quantitative estimate of drug-likeness (QED) is 0.615. The average molecular weight is 497 g/mol. The molecule has 1 aliphatic rings. The van der Waals surface area contributed by atoms with Crippen LogP contribution in [0.3, 0.4) is 0 Å². The smallest absolute Gasteiger partial charge is 0.325 e. The molecule has 1 atom stereocenters. The van der Waals surface area contributed by atoms with Gasteiger partial charge in [-0.1, -0.05) is 23.7 Å². The van der Waals surface area contributed by atoms with E-state index in [1.54, 1.807) is 6.92 Å². The van der Waals surface area contributed by atoms with Gasteiger partial charge in [0, 0.05) is 37.6 Å². The van der Waals surface area contributed by atoms with E-state index < -0.39 is 28.7 Å². The first kappa shape index (κ1) is 26.0. The Hall–Kier alpha value is -2.62. The summed E-state index contributed by atoms with van der Waals surface area (Å²) in [6.45, 7) is 8.20. The number of amides is 2. The number of hydrogen-bond acceptors (Lipinski definition) is 4. The maximum Gasteiger partial charge on any atom is 0.417 e. The van der Waals surface area contributed by atoms with Crippen molar-refractivity contribution in [1.29, 1.82) is 0 Å². The Morgan fingerprint density at radius 1 is 1.06 bits per heavy atom. The summed E-state index contributed by atoms with van der Waals surface area (Å²) in [6, 6.07) is 8.51. The molecule has 0 saturated carbocycles. The molecular weight excluding hydrogens is 469 g/mol. The van der Waals surface area contributed by atoms with Crippen LogP contribution in [0.2, 0.25) is 5.02 Å². The van der Waals surface area contributed by atoms with Crippen molar-refractivity contribution in [2.75, 3.05) is 43.4 Å². The van der Waals surface area contributed by atoms with Crippen molar-refractivity contribution in [3.8, 4) is 0 Å². The zero-order valence-electron chi connectivity index (χ0n) is 19.3. The van der Waals surface area contributed by atoms with Crippen LogP contribution in [0.1, 0.15) is 23.6 Å². The van der Waals surface area contributed by atoms with E-state index in [-0.39, 0.29) is 18.1 Å². The summed E-state index contributed by atoms with van der Waals surface area (Å²) in [5, 5.41) is 5.07. The maximum absolute atomic E-state index is 13.1. The van der Waals surface area contributed by atoms with Crippen LogP contribution < -0.4 is 10.6 Å². The Morgan fingerprint density at radius 2 is 1.74 bits per heavy atom. The van der Waals surface area contributed by atoms with Gasteiger partial charge in [0.05, 0.1) is 23.2 Å². The molecule has 0 spiro atoms. The highest BCUT2D eigenvalue weighted by molar-refractivity contribution is 6.31. The van der Waals surface area contributed by atoms with Crippen molar-refractivity contribution in [2.24, 2.45) is 0 Å². The first-order valence-corrected chi connectivity index (χ1v) is 11.3. The number of rotatable bonds is 6. The molecule has 2 aromatic carbocycles. The number of anilines is 2. The molecule has 2 amide bonds. The fourth-order valence-corrected chi connectivity index (χ4v) is 4.05. The third kappa shape index (κ3) is 6.49. The van der Waals surface area contributed by atoms with Crippen LogP contribution in [0.25, 0.3) is 0 Å². The Kier molecular flexibility index (Phi) is 8.22. The van der Waals surface area contributed by atoms with E-state index in [9.17, 15) is 22.8 Å². The number of carbonyl (C=O) groups is 2. The van der Waals surface area contributed by atoms with Crippen molar-refractivity contribution in [2.45, 2.75) is 33.0 Å². The van der Waals surface area contributed by atoms with Crippen LogP contribution in [0.5, 0.6) is 0 Å². The number of nitrogens with one attached hydrogen (secondary N) is 2. The molecule has 2 N–H and O–H groups in total. The van der Waals surface area contributed by atoms with E-state index in [4.69, 9.17) is 11.6 Å². The molecule has 1 aliphatic heterocycles. The van der Waals surface area contributed by atoms with Crippen molar-refractivity contribution in [3.05, 3.63) is 58.1 Å². The lowest BCUT2D eigenvalue weighted by molar-refractivity contribution is -0.137. The first-order valence-electron chi connectivity index (χ1n) is 11.0. The number of hydrogen-bond donors (Lipinski definition) is 2. The monoisotopic (exact) mass is 496 g/mol. The minimum absolute atomic E-state index is 0.0373. The van der Waals surface area contributed by atoms with E-state index in [0.717, 1.165) is 28.9 Å². The summed E-state index contributed by atoms with van der Waals surface area (Å²) >= 11 is 5.64. The van der Waals surface area contributed by atoms with Gasteiger partial charge >= 0.3 is 6.18 Å². The van der Waals surface area contributed by atoms with Gasteiger partial charge in [0.2, 0.25) is 11.8 Å². The average Bonchev–Trinajstić information content (AvgIpc) is 2.77. The minimum atomic E-state index is -4.61. The Labute approximate surface area is 202 Å². The molecule has 184 valence electrons. The zero-order valence-corrected chi connectivity index (χ0v) is 20.1. The van der Waals surface area contributed by atoms with Crippen molar-refractivity contribution < 1.29 is 22.8 Å². The predicted octanol–water partition coefficient (Wildman–Crippen LogP) is 4.56. The van der Waals surface area contributed by atoms with E-state index in [0.29, 0.717) is 26.2 Å². The summed E-state index contributed by atoms with van der Waals surface area (Å²) in [5.74, 6) is -0.507. The van der Waals surface area contributed by atoms with Crippen LogP contribution in [0.15, 0.2) is 36.4 Å². The van der Waals surface area contributed by atoms with Crippen LogP contribution >= 0.6 is 11.6 Å². The summed E-state index contributed by atoms with van der Waals surface area (Å²) in [5.41, 5.74) is 1.97. The summed E-state index contributed by atoms with van der Waals surface area (Å²) in [6.07, 6.45) is -4.61. The van der Waals surface area contributed by atoms with Gasteiger partial charge in [-0.05, 0) is 56.2 Å². The zero-order chi connectivity index (χ0) is 25.0. The molecule has 0 bridgehead atoms. The Bertz CT molecular complexity index is 1050. The molecule has 2 aromatic rings. The second-order valence-electron chi connectivity index (χ2n) is 8.47. The Morgan fingerprint density at radius 3 is 2.38 bits per heavy atom. The van der Waals surface area contributed by atoms with Gasteiger partial charge in [-0.15, -0.1) is 0 Å². The SMILES string of the molecule is Cc1cccc(NC(=O)CN2CCN(C(C)C(=O)Nc3ccc(Cl)c(C(F)(F)F)c3)CC2)c1C. The fourth-order valence-electron chi connectivity index (χ4n) is 3.82. The lowest BCUT2D eigenvalue weighted by Gasteiger charge is -2.37. The largest absolute Gasteiger partial charge is 0.417 e.